The van der Waals surface area contributed by atoms with E-state index in [0.717, 1.165) is 24.5 Å². The van der Waals surface area contributed by atoms with Crippen molar-refractivity contribution in [1.29, 1.82) is 0 Å². The van der Waals surface area contributed by atoms with Gasteiger partial charge in [0.15, 0.2) is 0 Å². The van der Waals surface area contributed by atoms with E-state index in [0.29, 0.717) is 0 Å². The molecule has 2 aromatic rings. The van der Waals surface area contributed by atoms with Crippen LogP contribution >= 0.6 is 0 Å². The minimum Gasteiger partial charge on any atom is -0.496 e. The molecule has 0 radical (unpaired) electrons. The molecule has 1 aromatic carbocycles. The van der Waals surface area contributed by atoms with Crippen LogP contribution in [0.1, 0.15) is 29.9 Å². The number of aromatic amines is 1. The van der Waals surface area contributed by atoms with Gasteiger partial charge in [0.2, 0.25) is 0 Å². The molecule has 1 aromatic heterocycles. The van der Waals surface area contributed by atoms with Gasteiger partial charge in [0, 0.05) is 12.4 Å². The maximum absolute atomic E-state index is 5.44. The van der Waals surface area contributed by atoms with E-state index < -0.39 is 0 Å². The first-order chi connectivity index (χ1) is 9.24. The Labute approximate surface area is 114 Å². The molecule has 1 atom stereocenters. The molecule has 1 unspecified atom stereocenters. The fourth-order valence-electron chi connectivity index (χ4n) is 2.27. The first-order valence-corrected chi connectivity index (χ1v) is 6.60. The Morgan fingerprint density at radius 1 is 1.42 bits per heavy atom. The van der Waals surface area contributed by atoms with E-state index in [1.54, 1.807) is 13.3 Å². The third-order valence-electron chi connectivity index (χ3n) is 3.16. The van der Waals surface area contributed by atoms with Crippen LogP contribution in [0.3, 0.4) is 0 Å². The van der Waals surface area contributed by atoms with Crippen LogP contribution in [-0.4, -0.2) is 23.6 Å². The van der Waals surface area contributed by atoms with Crippen molar-refractivity contribution in [3.8, 4) is 5.75 Å². The van der Waals surface area contributed by atoms with Gasteiger partial charge in [0.25, 0.3) is 0 Å². The zero-order valence-corrected chi connectivity index (χ0v) is 11.7. The molecular weight excluding hydrogens is 238 g/mol. The molecule has 2 N–H and O–H groups in total. The van der Waals surface area contributed by atoms with Crippen LogP contribution in [0, 0.1) is 6.92 Å². The Bertz CT molecular complexity index is 508. The minimum absolute atomic E-state index is 0.177. The number of methoxy groups -OCH3 is 1. The summed E-state index contributed by atoms with van der Waals surface area (Å²) in [6.45, 7) is 5.10. The molecule has 0 saturated heterocycles. The molecule has 0 amide bonds. The average Bonchev–Trinajstić information content (AvgIpc) is 2.92. The predicted octanol–water partition coefficient (Wildman–Crippen LogP) is 2.62. The van der Waals surface area contributed by atoms with Gasteiger partial charge in [-0.1, -0.05) is 24.6 Å². The van der Waals surface area contributed by atoms with Crippen molar-refractivity contribution in [3.63, 3.8) is 0 Å². The Kier molecular flexibility index (Phi) is 4.58. The number of rotatable bonds is 6. The van der Waals surface area contributed by atoms with Crippen LogP contribution in [0.25, 0.3) is 0 Å². The normalized spacial score (nSPS) is 12.4. The number of likely N-dealkylation sites (N-methyl/N-ethyl adjacent to an activating group) is 1. The Morgan fingerprint density at radius 3 is 2.89 bits per heavy atom. The number of ether oxygens (including phenoxy) is 1. The number of benzene rings is 1. The van der Waals surface area contributed by atoms with Gasteiger partial charge >= 0.3 is 0 Å². The van der Waals surface area contributed by atoms with Gasteiger partial charge in [0.1, 0.15) is 11.6 Å². The third kappa shape index (κ3) is 3.35. The van der Waals surface area contributed by atoms with E-state index >= 15 is 0 Å². The molecule has 0 fully saturated rings. The van der Waals surface area contributed by atoms with Gasteiger partial charge in [-0.2, -0.15) is 0 Å². The van der Waals surface area contributed by atoms with Crippen LogP contribution in [0.15, 0.2) is 30.6 Å². The molecule has 2 rings (SSSR count). The Hall–Kier alpha value is -1.81. The van der Waals surface area contributed by atoms with E-state index in [4.69, 9.17) is 4.74 Å². The zero-order chi connectivity index (χ0) is 13.7. The quantitative estimate of drug-likeness (QED) is 0.838. The number of hydrogen-bond donors (Lipinski definition) is 2. The molecule has 1 heterocycles. The van der Waals surface area contributed by atoms with Crippen LogP contribution in [-0.2, 0) is 6.42 Å². The lowest BCUT2D eigenvalue weighted by molar-refractivity contribution is 0.404. The maximum Gasteiger partial charge on any atom is 0.123 e. The Morgan fingerprint density at radius 2 is 2.26 bits per heavy atom. The predicted molar refractivity (Wildman–Crippen MR) is 76.4 cm³/mol. The van der Waals surface area contributed by atoms with Crippen molar-refractivity contribution < 1.29 is 4.74 Å². The number of aryl methyl sites for hydroxylation is 1. The first-order valence-electron chi connectivity index (χ1n) is 6.60. The van der Waals surface area contributed by atoms with Gasteiger partial charge in [-0.05, 0) is 31.5 Å². The maximum atomic E-state index is 5.44. The van der Waals surface area contributed by atoms with Crippen molar-refractivity contribution >= 4 is 0 Å². The minimum atomic E-state index is 0.177. The van der Waals surface area contributed by atoms with E-state index in [1.165, 1.54) is 11.1 Å². The summed E-state index contributed by atoms with van der Waals surface area (Å²) in [6, 6.07) is 6.44. The summed E-state index contributed by atoms with van der Waals surface area (Å²) in [4.78, 5) is 7.53. The smallest absolute Gasteiger partial charge is 0.123 e. The van der Waals surface area contributed by atoms with Crippen LogP contribution in [0.2, 0.25) is 0 Å². The number of H-pyrrole nitrogens is 1. The summed E-state index contributed by atoms with van der Waals surface area (Å²) in [5.41, 5.74) is 2.44. The Balaban J connectivity index is 2.24. The summed E-state index contributed by atoms with van der Waals surface area (Å²) >= 11 is 0. The highest BCUT2D eigenvalue weighted by Crippen LogP contribution is 2.24. The summed E-state index contributed by atoms with van der Waals surface area (Å²) in [6.07, 6.45) is 4.49. The van der Waals surface area contributed by atoms with Crippen LogP contribution in [0.5, 0.6) is 5.75 Å². The van der Waals surface area contributed by atoms with Gasteiger partial charge in [-0.15, -0.1) is 0 Å². The molecule has 0 spiro atoms. The fraction of sp³-hybridized carbons (Fsp3) is 0.400. The van der Waals surface area contributed by atoms with E-state index in [1.807, 2.05) is 12.3 Å². The molecule has 4 heteroatoms. The second-order valence-corrected chi connectivity index (χ2v) is 4.60. The number of aromatic nitrogens is 2. The topological polar surface area (TPSA) is 49.9 Å². The molecule has 0 aliphatic heterocycles. The van der Waals surface area contributed by atoms with Gasteiger partial charge in [0.05, 0.1) is 13.2 Å². The van der Waals surface area contributed by atoms with Crippen molar-refractivity contribution in [2.75, 3.05) is 13.7 Å². The van der Waals surface area contributed by atoms with E-state index in [2.05, 4.69) is 41.3 Å². The van der Waals surface area contributed by atoms with E-state index in [-0.39, 0.29) is 6.04 Å². The molecule has 102 valence electrons. The van der Waals surface area contributed by atoms with Crippen LogP contribution < -0.4 is 10.1 Å². The largest absolute Gasteiger partial charge is 0.496 e. The number of nitrogens with zero attached hydrogens (tertiary/aromatic N) is 1. The highest BCUT2D eigenvalue weighted by molar-refractivity contribution is 5.37. The van der Waals surface area contributed by atoms with Crippen molar-refractivity contribution in [3.05, 3.63) is 47.5 Å². The highest BCUT2D eigenvalue weighted by atomic mass is 16.5. The third-order valence-corrected chi connectivity index (χ3v) is 3.16. The van der Waals surface area contributed by atoms with E-state index in [9.17, 15) is 0 Å². The van der Waals surface area contributed by atoms with Gasteiger partial charge in [-0.3, -0.25) is 0 Å². The van der Waals surface area contributed by atoms with Crippen molar-refractivity contribution in [1.82, 2.24) is 15.3 Å². The van der Waals surface area contributed by atoms with Crippen LogP contribution in [0.4, 0.5) is 0 Å². The number of hydrogen-bond acceptors (Lipinski definition) is 3. The first kappa shape index (κ1) is 13.6. The molecule has 0 bridgehead atoms. The van der Waals surface area contributed by atoms with Crippen molar-refractivity contribution in [2.24, 2.45) is 0 Å². The summed E-state index contributed by atoms with van der Waals surface area (Å²) < 4.78 is 5.44. The molecule has 0 aliphatic carbocycles. The van der Waals surface area contributed by atoms with Gasteiger partial charge in [-0.25, -0.2) is 4.98 Å². The standard InChI is InChI=1S/C15H21N3O/c1-4-16-13(15-17-7-8-18-15)10-12-9-11(2)5-6-14(12)19-3/h5-9,13,16H,4,10H2,1-3H3,(H,17,18). The molecule has 4 nitrogen and oxygen atoms in total. The monoisotopic (exact) mass is 259 g/mol. The second-order valence-electron chi connectivity index (χ2n) is 4.60. The summed E-state index contributed by atoms with van der Waals surface area (Å²) in [7, 11) is 1.71. The second kappa shape index (κ2) is 6.38. The fourth-order valence-corrected chi connectivity index (χ4v) is 2.27. The molecule has 19 heavy (non-hydrogen) atoms. The molecular formula is C15H21N3O. The lowest BCUT2D eigenvalue weighted by Gasteiger charge is -2.18. The molecule has 0 saturated carbocycles. The lowest BCUT2D eigenvalue weighted by atomic mass is 10.0. The lowest BCUT2D eigenvalue weighted by Crippen LogP contribution is -2.24. The zero-order valence-electron chi connectivity index (χ0n) is 11.7. The SMILES string of the molecule is CCNC(Cc1cc(C)ccc1OC)c1ncc[nH]1. The van der Waals surface area contributed by atoms with Gasteiger partial charge < -0.3 is 15.0 Å². The van der Waals surface area contributed by atoms with Crippen molar-refractivity contribution in [2.45, 2.75) is 26.3 Å². The number of nitrogens with one attached hydrogen (secondary N) is 2. The average molecular weight is 259 g/mol. The molecule has 0 aliphatic rings. The summed E-state index contributed by atoms with van der Waals surface area (Å²) in [5.74, 6) is 1.89. The summed E-state index contributed by atoms with van der Waals surface area (Å²) in [5, 5.41) is 3.45. The number of imidazole rings is 1. The highest BCUT2D eigenvalue weighted by Gasteiger charge is 2.15.